The Balaban J connectivity index is 0.849. The molecule has 9 aromatic rings. The molecule has 7 aliphatic rings. The van der Waals surface area contributed by atoms with Crippen molar-refractivity contribution in [1.82, 2.24) is 0 Å². The first kappa shape index (κ1) is 37.3. The summed E-state index contributed by atoms with van der Waals surface area (Å²) in [6.45, 7) is 0. The molecule has 0 atom stereocenters. The van der Waals surface area contributed by atoms with E-state index in [-0.39, 0.29) is 10.8 Å². The lowest BCUT2D eigenvalue weighted by molar-refractivity contribution is -0.0399. The van der Waals surface area contributed by atoms with E-state index in [0.29, 0.717) is 0 Å². The van der Waals surface area contributed by atoms with Crippen molar-refractivity contribution in [3.8, 4) is 44.5 Å². The third-order valence-electron chi connectivity index (χ3n) is 17.8. The van der Waals surface area contributed by atoms with E-state index in [2.05, 4.69) is 205 Å². The molecule has 0 aliphatic heterocycles. The lowest BCUT2D eigenvalue weighted by Crippen LogP contribution is -2.55. The van der Waals surface area contributed by atoms with Crippen LogP contribution in [0.4, 0.5) is 17.1 Å². The van der Waals surface area contributed by atoms with Crippen LogP contribution >= 0.6 is 0 Å². The van der Waals surface area contributed by atoms with Gasteiger partial charge in [-0.2, -0.15) is 0 Å². The second-order valence-electron chi connectivity index (χ2n) is 21.0. The Morgan fingerprint density at radius 2 is 0.818 bits per heavy atom. The third-order valence-corrected chi connectivity index (χ3v) is 17.8. The van der Waals surface area contributed by atoms with Crippen LogP contribution in [0.1, 0.15) is 65.5 Å². The van der Waals surface area contributed by atoms with E-state index in [1.807, 2.05) is 0 Å². The maximum absolute atomic E-state index is 2.64. The van der Waals surface area contributed by atoms with Crippen molar-refractivity contribution >= 4 is 27.8 Å². The molecule has 7 aliphatic carbocycles. The number of benzene rings is 9. The standard InChI is InChI=1S/C65H51N/c1-2-10-46-36-47(18-17-43(46)9-1)44-19-24-53(25-20-44)66(55-28-30-59-57-14-6-8-16-61(57)65(63(59)38-55)51-32-41-31-42(34-51)35-52(65)33-41)54-26-21-45(22-27-54)48-23-29-58-56-13-5-7-15-60(56)64(62(58)37-48)39-49-11-3-4-12-50(49)40-64/h1-30,36-38,41-42,51-52H,31-35,39-40H2. The Kier molecular flexibility index (Phi) is 7.79. The maximum atomic E-state index is 2.64. The van der Waals surface area contributed by atoms with Crippen LogP contribution in [0.25, 0.3) is 55.3 Å². The van der Waals surface area contributed by atoms with Gasteiger partial charge < -0.3 is 4.90 Å². The summed E-state index contributed by atoms with van der Waals surface area (Å²) in [5, 5.41) is 2.55. The third kappa shape index (κ3) is 5.18. The topological polar surface area (TPSA) is 3.24 Å². The van der Waals surface area contributed by atoms with Gasteiger partial charge in [-0.05, 0) is 206 Å². The number of hydrogen-bond donors (Lipinski definition) is 0. The molecule has 0 heterocycles. The van der Waals surface area contributed by atoms with Crippen molar-refractivity contribution in [2.75, 3.05) is 4.90 Å². The van der Waals surface area contributed by atoms with Crippen molar-refractivity contribution in [3.63, 3.8) is 0 Å². The number of anilines is 3. The molecule has 316 valence electrons. The molecule has 0 saturated heterocycles. The lowest BCUT2D eigenvalue weighted by atomic mass is 9.43. The van der Waals surface area contributed by atoms with Crippen LogP contribution in [-0.2, 0) is 23.7 Å². The van der Waals surface area contributed by atoms with Crippen molar-refractivity contribution in [2.45, 2.75) is 55.8 Å². The maximum Gasteiger partial charge on any atom is 0.0465 e. The Morgan fingerprint density at radius 1 is 0.333 bits per heavy atom. The molecule has 1 heteroatoms. The highest BCUT2D eigenvalue weighted by atomic mass is 15.1. The molecule has 4 fully saturated rings. The van der Waals surface area contributed by atoms with Crippen LogP contribution in [0.3, 0.4) is 0 Å². The van der Waals surface area contributed by atoms with Gasteiger partial charge in [0.2, 0.25) is 0 Å². The molecular weight excluding hydrogens is 795 g/mol. The summed E-state index contributed by atoms with van der Waals surface area (Å²) in [4.78, 5) is 2.53. The molecule has 4 saturated carbocycles. The van der Waals surface area contributed by atoms with Crippen LogP contribution in [0.15, 0.2) is 200 Å². The number of fused-ring (bicyclic) bond motifs is 10. The summed E-state index contributed by atoms with van der Waals surface area (Å²) in [5.41, 5.74) is 23.6. The summed E-state index contributed by atoms with van der Waals surface area (Å²) in [5.74, 6) is 3.26. The van der Waals surface area contributed by atoms with Crippen LogP contribution in [-0.4, -0.2) is 0 Å². The Morgan fingerprint density at radius 3 is 1.50 bits per heavy atom. The molecule has 16 rings (SSSR count). The minimum Gasteiger partial charge on any atom is -0.310 e. The smallest absolute Gasteiger partial charge is 0.0465 e. The van der Waals surface area contributed by atoms with Gasteiger partial charge in [0.15, 0.2) is 0 Å². The van der Waals surface area contributed by atoms with E-state index in [1.54, 1.807) is 11.1 Å². The summed E-state index contributed by atoms with van der Waals surface area (Å²) in [6, 6.07) is 76.9. The van der Waals surface area contributed by atoms with Crippen molar-refractivity contribution in [1.29, 1.82) is 0 Å². The molecule has 66 heavy (non-hydrogen) atoms. The van der Waals surface area contributed by atoms with Gasteiger partial charge in [-0.25, -0.2) is 0 Å². The molecule has 4 bridgehead atoms. The fourth-order valence-corrected chi connectivity index (χ4v) is 15.3. The summed E-state index contributed by atoms with van der Waals surface area (Å²) in [7, 11) is 0. The fraction of sp³-hybridized carbons (Fsp3) is 0.200. The zero-order chi connectivity index (χ0) is 43.1. The number of nitrogens with zero attached hydrogens (tertiary/aromatic N) is 1. The monoisotopic (exact) mass is 845 g/mol. The van der Waals surface area contributed by atoms with Gasteiger partial charge in [-0.15, -0.1) is 0 Å². The van der Waals surface area contributed by atoms with Gasteiger partial charge in [0, 0.05) is 27.9 Å². The molecular formula is C65H51N. The predicted octanol–water partition coefficient (Wildman–Crippen LogP) is 16.4. The average Bonchev–Trinajstić information content (AvgIpc) is 3.99. The van der Waals surface area contributed by atoms with E-state index >= 15 is 0 Å². The SMILES string of the molecule is c1ccc2c(c1)CC1(C2)c2ccccc2-c2ccc(-c3ccc(N(c4ccc(-c5ccc6ccccc6c5)cc4)c4ccc5c(c4)C4(c6ccccc6-5)C5CC6CC(C5)CC4C6)cc3)cc21. The zero-order valence-electron chi connectivity index (χ0n) is 37.3. The van der Waals surface area contributed by atoms with Crippen LogP contribution in [0, 0.1) is 23.7 Å². The van der Waals surface area contributed by atoms with Crippen molar-refractivity contribution in [3.05, 3.63) is 234 Å². The van der Waals surface area contributed by atoms with E-state index in [0.717, 1.165) is 36.5 Å². The molecule has 0 radical (unpaired) electrons. The minimum atomic E-state index is -0.0246. The largest absolute Gasteiger partial charge is 0.310 e. The van der Waals surface area contributed by atoms with E-state index < -0.39 is 0 Å². The first-order chi connectivity index (χ1) is 32.6. The van der Waals surface area contributed by atoms with E-state index in [1.165, 1.54) is 127 Å². The van der Waals surface area contributed by atoms with Crippen molar-refractivity contribution in [2.24, 2.45) is 23.7 Å². The molecule has 2 spiro atoms. The first-order valence-corrected chi connectivity index (χ1v) is 24.7. The Labute approximate surface area is 388 Å². The molecule has 9 aromatic carbocycles. The fourth-order valence-electron chi connectivity index (χ4n) is 15.3. The highest BCUT2D eigenvalue weighted by Crippen LogP contribution is 2.69. The van der Waals surface area contributed by atoms with Gasteiger partial charge in [0.25, 0.3) is 0 Å². The summed E-state index contributed by atoms with van der Waals surface area (Å²) < 4.78 is 0. The molecule has 0 unspecified atom stereocenters. The quantitative estimate of drug-likeness (QED) is 0.167. The second kappa shape index (κ2) is 13.8. The van der Waals surface area contributed by atoms with Crippen LogP contribution < -0.4 is 4.90 Å². The van der Waals surface area contributed by atoms with Crippen molar-refractivity contribution < 1.29 is 0 Å². The van der Waals surface area contributed by atoms with Gasteiger partial charge in [0.05, 0.1) is 0 Å². The highest BCUT2D eigenvalue weighted by Gasteiger charge is 2.61. The highest BCUT2D eigenvalue weighted by molar-refractivity contribution is 5.90. The first-order valence-electron chi connectivity index (χ1n) is 24.7. The van der Waals surface area contributed by atoms with Gasteiger partial charge in [0.1, 0.15) is 0 Å². The van der Waals surface area contributed by atoms with Gasteiger partial charge in [-0.1, -0.05) is 152 Å². The normalized spacial score (nSPS) is 22.9. The van der Waals surface area contributed by atoms with Crippen LogP contribution in [0.5, 0.6) is 0 Å². The van der Waals surface area contributed by atoms with E-state index in [9.17, 15) is 0 Å². The average molecular weight is 846 g/mol. The number of hydrogen-bond acceptors (Lipinski definition) is 1. The molecule has 0 amide bonds. The Hall–Kier alpha value is -6.96. The summed E-state index contributed by atoms with van der Waals surface area (Å²) >= 11 is 0. The molecule has 1 nitrogen and oxygen atoms in total. The number of rotatable bonds is 5. The lowest BCUT2D eigenvalue weighted by Gasteiger charge is -2.61. The van der Waals surface area contributed by atoms with Crippen LogP contribution in [0.2, 0.25) is 0 Å². The zero-order valence-corrected chi connectivity index (χ0v) is 37.3. The molecule has 0 aromatic heterocycles. The Bertz CT molecular complexity index is 3390. The minimum absolute atomic E-state index is 0.0246. The van der Waals surface area contributed by atoms with Gasteiger partial charge >= 0.3 is 0 Å². The van der Waals surface area contributed by atoms with E-state index in [4.69, 9.17) is 0 Å². The summed E-state index contributed by atoms with van der Waals surface area (Å²) in [6.07, 6.45) is 9.11. The predicted molar refractivity (Wildman–Crippen MR) is 273 cm³/mol. The van der Waals surface area contributed by atoms with Gasteiger partial charge in [-0.3, -0.25) is 0 Å². The molecule has 0 N–H and O–H groups in total. The second-order valence-corrected chi connectivity index (χ2v) is 21.0.